The molecule has 0 saturated carbocycles. The molecule has 0 fully saturated rings. The third-order valence-electron chi connectivity index (χ3n) is 9.02. The summed E-state index contributed by atoms with van der Waals surface area (Å²) in [5, 5.41) is 42.6. The molecule has 4 amide bonds. The number of nitrogen functional groups attached to an aromatic ring is 1. The van der Waals surface area contributed by atoms with Gasteiger partial charge in [0.1, 0.15) is 11.6 Å². The predicted octanol–water partition coefficient (Wildman–Crippen LogP) is 9.59. The summed E-state index contributed by atoms with van der Waals surface area (Å²) in [6.07, 6.45) is 9.06. The van der Waals surface area contributed by atoms with Crippen LogP contribution in [0.25, 0.3) is 11.6 Å². The molecule has 0 spiro atoms. The molecule has 9 N–H and O–H groups in total. The number of rotatable bonds is 12. The van der Waals surface area contributed by atoms with E-state index in [1.165, 1.54) is 70.5 Å². The smallest absolute Gasteiger partial charge is 0.319 e. The van der Waals surface area contributed by atoms with Crippen LogP contribution in [0.2, 0.25) is 25.4 Å². The maximum absolute atomic E-state index is 13.2. The van der Waals surface area contributed by atoms with Gasteiger partial charge in [-0.2, -0.15) is 20.2 Å². The first-order valence-corrected chi connectivity index (χ1v) is 21.8. The van der Waals surface area contributed by atoms with E-state index >= 15 is 0 Å². The zero-order chi connectivity index (χ0) is 49.5. The monoisotopic (exact) mass is 1040 g/mol. The number of hydrogen-bond donors (Lipinski definition) is 8. The van der Waals surface area contributed by atoms with Crippen molar-refractivity contribution in [3.05, 3.63) is 182 Å². The Morgan fingerprint density at radius 2 is 1.14 bits per heavy atom. The van der Waals surface area contributed by atoms with Crippen LogP contribution < -0.4 is 32.3 Å². The highest BCUT2D eigenvalue weighted by Crippen LogP contribution is 2.26. The highest BCUT2D eigenvalue weighted by molar-refractivity contribution is 6.33. The summed E-state index contributed by atoms with van der Waals surface area (Å²) in [7, 11) is 0. The number of aliphatic hydroxyl groups is 2. The SMILES string of the molecule is Nc1ccc(F)cc1Cl.O=C(Nc1cnn(-c2ccnc(Cl)n2)c1)N[C@H](CO)c1cccc(Cl)c1.O=C(Nc1cnn(-c2ccnc(Nc3ccc(F)cc3Cl)n2)c1)N[C@H](CO)c1cccc(Cl)c1. The third-order valence-corrected chi connectivity index (χ3v) is 10.3. The van der Waals surface area contributed by atoms with Gasteiger partial charge in [0, 0.05) is 34.6 Å². The van der Waals surface area contributed by atoms with Gasteiger partial charge in [-0.15, -0.1) is 0 Å². The topological polar surface area (TPSA) is 248 Å². The third kappa shape index (κ3) is 15.4. The van der Waals surface area contributed by atoms with Gasteiger partial charge in [0.15, 0.2) is 11.6 Å². The van der Waals surface area contributed by atoms with E-state index in [4.69, 9.17) is 63.7 Å². The van der Waals surface area contributed by atoms with Crippen LogP contribution >= 0.6 is 58.0 Å². The van der Waals surface area contributed by atoms with Gasteiger partial charge < -0.3 is 42.5 Å². The number of nitrogens with zero attached hydrogens (tertiary/aromatic N) is 8. The van der Waals surface area contributed by atoms with E-state index in [1.54, 1.807) is 73.1 Å². The standard InChI is InChI=1S/C22H18Cl2FN7O2.C16H14Cl2N6O2.C6H5ClFN/c23-14-3-1-2-13(8-14)19(12-33)30-22(34)28-16-10-27-32(11-16)20-6-7-26-21(31-20)29-18-5-4-15(25)9-17(18)24;17-11-3-1-2-10(6-11)13(9-25)22-16(26)21-12-7-20-24(8-12)14-4-5-19-15(18)23-14;7-5-3-4(8)1-2-6(5)9/h1-11,19,33H,12H2,(H,26,29,31)(H2,28,30,34);1-8,13,25H,9H2,(H2,21,22,26);1-3H,9H2/t19-;13-;/m11./s1. The molecule has 0 unspecified atom stereocenters. The maximum atomic E-state index is 13.2. The van der Waals surface area contributed by atoms with Gasteiger partial charge in [-0.3, -0.25) is 0 Å². The minimum absolute atomic E-state index is 0.0950. The Balaban J connectivity index is 0.000000196. The lowest BCUT2D eigenvalue weighted by Gasteiger charge is -2.17. The number of aliphatic hydroxyl groups excluding tert-OH is 2. The van der Waals surface area contributed by atoms with E-state index in [0.29, 0.717) is 55.6 Å². The molecule has 8 aromatic rings. The Bertz CT molecular complexity index is 3020. The van der Waals surface area contributed by atoms with Crippen molar-refractivity contribution >= 4 is 98.8 Å². The number of nitrogens with one attached hydrogen (secondary N) is 5. The molecule has 0 aliphatic rings. The average Bonchev–Trinajstić information content (AvgIpc) is 4.00. The second kappa shape index (κ2) is 24.7. The van der Waals surface area contributed by atoms with Gasteiger partial charge in [0.25, 0.3) is 0 Å². The summed E-state index contributed by atoms with van der Waals surface area (Å²) in [6, 6.07) is 22.6. The predicted molar refractivity (Wildman–Crippen MR) is 261 cm³/mol. The summed E-state index contributed by atoms with van der Waals surface area (Å²) >= 11 is 29.2. The number of hydrogen-bond acceptors (Lipinski definition) is 12. The molecule has 4 heterocycles. The summed E-state index contributed by atoms with van der Waals surface area (Å²) in [6.45, 7) is -0.575. The van der Waals surface area contributed by atoms with E-state index in [1.807, 2.05) is 0 Å². The zero-order valence-corrected chi connectivity index (χ0v) is 39.1. The lowest BCUT2D eigenvalue weighted by molar-refractivity contribution is 0.225. The van der Waals surface area contributed by atoms with Gasteiger partial charge in [-0.1, -0.05) is 70.7 Å². The first-order chi connectivity index (χ1) is 33.2. The quantitative estimate of drug-likeness (QED) is 0.0421. The van der Waals surface area contributed by atoms with Crippen LogP contribution in [0, 0.1) is 11.6 Å². The maximum Gasteiger partial charge on any atom is 0.319 e. The fraction of sp³-hybridized carbons (Fsp3) is 0.0909. The van der Waals surface area contributed by atoms with E-state index in [0.717, 1.165) is 0 Å². The molecule has 25 heteroatoms. The van der Waals surface area contributed by atoms with Crippen molar-refractivity contribution in [2.24, 2.45) is 0 Å². The number of carbonyl (C=O) groups excluding carboxylic acids is 2. The molecular weight excluding hydrogens is 1000 g/mol. The number of aromatic nitrogens is 8. The van der Waals surface area contributed by atoms with Crippen LogP contribution in [0.1, 0.15) is 23.2 Å². The second-order valence-electron chi connectivity index (χ2n) is 14.0. The van der Waals surface area contributed by atoms with Gasteiger partial charge in [-0.05, 0) is 83.4 Å². The van der Waals surface area contributed by atoms with Crippen molar-refractivity contribution in [2.75, 3.05) is 34.9 Å². The molecule has 356 valence electrons. The number of nitrogens with two attached hydrogens (primary N) is 1. The molecule has 0 radical (unpaired) electrons. The lowest BCUT2D eigenvalue weighted by atomic mass is 10.1. The normalized spacial score (nSPS) is 11.4. The fourth-order valence-corrected chi connectivity index (χ4v) is 6.72. The molecule has 0 bridgehead atoms. The Morgan fingerprint density at radius 1 is 0.638 bits per heavy atom. The van der Waals surface area contributed by atoms with E-state index in [2.05, 4.69) is 56.7 Å². The van der Waals surface area contributed by atoms with E-state index in [9.17, 15) is 28.6 Å². The fourth-order valence-electron chi connectivity index (χ4n) is 5.80. The number of halogens is 7. The minimum atomic E-state index is -0.637. The molecule has 4 aromatic heterocycles. The van der Waals surface area contributed by atoms with Crippen molar-refractivity contribution in [1.82, 2.24) is 50.1 Å². The van der Waals surface area contributed by atoms with Crippen LogP contribution in [-0.4, -0.2) is 75.0 Å². The number of amides is 4. The summed E-state index contributed by atoms with van der Waals surface area (Å²) in [5.41, 5.74) is 8.34. The average molecular weight is 1040 g/mol. The second-order valence-corrected chi connectivity index (χ2v) is 16.0. The van der Waals surface area contributed by atoms with Crippen molar-refractivity contribution in [3.8, 4) is 11.6 Å². The minimum Gasteiger partial charge on any atom is -0.398 e. The van der Waals surface area contributed by atoms with Crippen molar-refractivity contribution in [1.29, 1.82) is 0 Å². The number of benzene rings is 4. The molecule has 8 rings (SSSR count). The van der Waals surface area contributed by atoms with Crippen LogP contribution in [0.15, 0.2) is 134 Å². The lowest BCUT2D eigenvalue weighted by Crippen LogP contribution is -2.34. The molecular formula is C44H37Cl5F2N14O4. The zero-order valence-electron chi connectivity index (χ0n) is 35.3. The molecule has 4 aromatic carbocycles. The Morgan fingerprint density at radius 3 is 1.62 bits per heavy atom. The summed E-state index contributed by atoms with van der Waals surface area (Å²) in [5.74, 6) is 0.279. The Hall–Kier alpha value is -7.17. The van der Waals surface area contributed by atoms with Crippen LogP contribution in [-0.2, 0) is 0 Å². The van der Waals surface area contributed by atoms with Crippen molar-refractivity contribution < 1.29 is 28.6 Å². The summed E-state index contributed by atoms with van der Waals surface area (Å²) < 4.78 is 28.3. The number of urea groups is 2. The Kier molecular flexibility index (Phi) is 18.4. The van der Waals surface area contributed by atoms with Crippen molar-refractivity contribution in [2.45, 2.75) is 12.1 Å². The molecule has 0 aliphatic carbocycles. The van der Waals surface area contributed by atoms with Crippen LogP contribution in [0.3, 0.4) is 0 Å². The van der Waals surface area contributed by atoms with Gasteiger partial charge in [0.2, 0.25) is 11.2 Å². The molecule has 0 aliphatic heterocycles. The van der Waals surface area contributed by atoms with E-state index in [-0.39, 0.29) is 40.3 Å². The highest BCUT2D eigenvalue weighted by atomic mass is 35.5. The molecule has 0 saturated heterocycles. The van der Waals surface area contributed by atoms with Crippen LogP contribution in [0.5, 0.6) is 0 Å². The van der Waals surface area contributed by atoms with Crippen molar-refractivity contribution in [3.63, 3.8) is 0 Å². The largest absolute Gasteiger partial charge is 0.398 e. The Labute approximate surface area is 416 Å². The summed E-state index contributed by atoms with van der Waals surface area (Å²) in [4.78, 5) is 40.9. The van der Waals surface area contributed by atoms with E-state index < -0.39 is 30.0 Å². The van der Waals surface area contributed by atoms with Gasteiger partial charge in [0.05, 0.1) is 82.9 Å². The highest BCUT2D eigenvalue weighted by Gasteiger charge is 2.17. The number of carbonyl (C=O) groups is 2. The van der Waals surface area contributed by atoms with Gasteiger partial charge >= 0.3 is 12.1 Å². The first-order valence-electron chi connectivity index (χ1n) is 19.9. The molecule has 18 nitrogen and oxygen atoms in total. The number of anilines is 5. The van der Waals surface area contributed by atoms with Crippen LogP contribution in [0.4, 0.5) is 47.1 Å². The molecule has 2 atom stereocenters. The van der Waals surface area contributed by atoms with Gasteiger partial charge in [-0.25, -0.2) is 37.7 Å². The molecule has 69 heavy (non-hydrogen) atoms. The first kappa shape index (κ1) is 51.2.